The van der Waals surface area contributed by atoms with Crippen molar-refractivity contribution in [3.8, 4) is 23.0 Å². The van der Waals surface area contributed by atoms with Crippen molar-refractivity contribution >= 4 is 0 Å². The predicted octanol–water partition coefficient (Wildman–Crippen LogP) is 11.3. The summed E-state index contributed by atoms with van der Waals surface area (Å²) in [5.74, 6) is -0.887. The molecule has 0 bridgehead atoms. The van der Waals surface area contributed by atoms with E-state index in [0.717, 1.165) is 57.8 Å². The maximum atomic E-state index is 10.5. The van der Waals surface area contributed by atoms with Crippen LogP contribution in [0.15, 0.2) is 69.9 Å². The summed E-state index contributed by atoms with van der Waals surface area (Å²) in [4.78, 5) is 0. The number of hydrogen-bond acceptors (Lipinski definition) is 4. The Balaban J connectivity index is 2.41. The van der Waals surface area contributed by atoms with Gasteiger partial charge in [-0.15, -0.1) is 0 Å². The SMILES string of the molecule is COc1c(O)c(O)c(C)c(CC=C(C)CCC=C(C)CCC=C(C)CCC=C(C)CCC=C(C)CCC=C(C)C)c1O. The van der Waals surface area contributed by atoms with Crippen molar-refractivity contribution in [1.29, 1.82) is 0 Å². The second-order valence-corrected chi connectivity index (χ2v) is 12.1. The number of methoxy groups -OCH3 is 1. The standard InChI is InChI=1S/C38H58O4/c1-27(2)15-10-16-28(3)17-11-18-29(4)19-12-20-30(5)21-13-22-31(6)23-14-24-32(7)25-26-34-33(8)35(39)37(41)38(42-9)36(34)40/h15,17,19,21,23,25,39-41H,10-14,16,18,20,22,24,26H2,1-9H3. The van der Waals surface area contributed by atoms with Gasteiger partial charge >= 0.3 is 0 Å². The van der Waals surface area contributed by atoms with E-state index in [4.69, 9.17) is 4.74 Å². The van der Waals surface area contributed by atoms with E-state index in [9.17, 15) is 15.3 Å². The van der Waals surface area contributed by atoms with Crippen LogP contribution in [-0.2, 0) is 6.42 Å². The van der Waals surface area contributed by atoms with Crippen molar-refractivity contribution in [3.63, 3.8) is 0 Å². The fourth-order valence-corrected chi connectivity index (χ4v) is 4.86. The second-order valence-electron chi connectivity index (χ2n) is 12.1. The first kappa shape index (κ1) is 36.9. The Labute approximate surface area is 256 Å². The largest absolute Gasteiger partial charge is 0.504 e. The number of benzene rings is 1. The van der Waals surface area contributed by atoms with E-state index >= 15 is 0 Å². The molecular weight excluding hydrogens is 520 g/mol. The van der Waals surface area contributed by atoms with Crippen LogP contribution in [0.1, 0.15) is 124 Å². The van der Waals surface area contributed by atoms with Crippen molar-refractivity contribution in [1.82, 2.24) is 0 Å². The lowest BCUT2D eigenvalue weighted by Gasteiger charge is -2.15. The Kier molecular flexibility index (Phi) is 17.5. The van der Waals surface area contributed by atoms with Gasteiger partial charge in [-0.05, 0) is 126 Å². The predicted molar refractivity (Wildman–Crippen MR) is 181 cm³/mol. The second kappa shape index (κ2) is 19.9. The van der Waals surface area contributed by atoms with E-state index in [0.29, 0.717) is 17.5 Å². The van der Waals surface area contributed by atoms with Gasteiger partial charge in [-0.2, -0.15) is 0 Å². The molecule has 0 atom stereocenters. The molecule has 1 aromatic rings. The molecule has 42 heavy (non-hydrogen) atoms. The van der Waals surface area contributed by atoms with Crippen LogP contribution >= 0.6 is 0 Å². The molecule has 1 rings (SSSR count). The van der Waals surface area contributed by atoms with E-state index in [-0.39, 0.29) is 17.2 Å². The number of phenols is 3. The van der Waals surface area contributed by atoms with Gasteiger partial charge < -0.3 is 20.1 Å². The van der Waals surface area contributed by atoms with Gasteiger partial charge in [-0.1, -0.05) is 69.9 Å². The number of allylic oxidation sites excluding steroid dienone is 12. The fourth-order valence-electron chi connectivity index (χ4n) is 4.86. The average molecular weight is 579 g/mol. The third kappa shape index (κ3) is 14.2. The van der Waals surface area contributed by atoms with Crippen molar-refractivity contribution in [2.75, 3.05) is 7.11 Å². The summed E-state index contributed by atoms with van der Waals surface area (Å²) in [5.41, 5.74) is 9.52. The van der Waals surface area contributed by atoms with Crippen molar-refractivity contribution in [3.05, 3.63) is 81.0 Å². The quantitative estimate of drug-likeness (QED) is 0.0920. The number of rotatable bonds is 18. The normalized spacial score (nSPS) is 13.5. The molecule has 4 heteroatoms. The highest BCUT2D eigenvalue weighted by Crippen LogP contribution is 2.47. The number of ether oxygens (including phenoxy) is 1. The zero-order chi connectivity index (χ0) is 31.7. The van der Waals surface area contributed by atoms with E-state index in [1.807, 2.05) is 0 Å². The molecule has 234 valence electrons. The first-order chi connectivity index (χ1) is 19.9. The van der Waals surface area contributed by atoms with Crippen LogP contribution < -0.4 is 4.74 Å². The van der Waals surface area contributed by atoms with Gasteiger partial charge in [0.25, 0.3) is 0 Å². The smallest absolute Gasteiger partial charge is 0.207 e. The summed E-state index contributed by atoms with van der Waals surface area (Å²) in [6.07, 6.45) is 25.3. The van der Waals surface area contributed by atoms with Crippen LogP contribution in [-0.4, -0.2) is 22.4 Å². The van der Waals surface area contributed by atoms with Gasteiger partial charge in [-0.25, -0.2) is 0 Å². The molecule has 0 radical (unpaired) electrons. The van der Waals surface area contributed by atoms with E-state index in [2.05, 4.69) is 84.9 Å². The van der Waals surface area contributed by atoms with Crippen LogP contribution in [0.5, 0.6) is 23.0 Å². The van der Waals surface area contributed by atoms with Gasteiger partial charge in [0.05, 0.1) is 7.11 Å². The van der Waals surface area contributed by atoms with E-state index in [1.54, 1.807) is 6.92 Å². The molecule has 0 aliphatic carbocycles. The molecule has 0 fully saturated rings. The average Bonchev–Trinajstić information content (AvgIpc) is 2.92. The summed E-state index contributed by atoms with van der Waals surface area (Å²) in [6, 6.07) is 0. The fraction of sp³-hybridized carbons (Fsp3) is 0.526. The molecule has 0 aromatic heterocycles. The molecule has 0 saturated heterocycles. The Morgan fingerprint density at radius 1 is 0.524 bits per heavy atom. The summed E-state index contributed by atoms with van der Waals surface area (Å²) in [6.45, 7) is 17.1. The third-order valence-corrected chi connectivity index (χ3v) is 7.82. The van der Waals surface area contributed by atoms with E-state index in [1.165, 1.54) is 47.0 Å². The number of phenolic OH excluding ortho intramolecular Hbond substituents is 3. The minimum absolute atomic E-state index is 0.0894. The zero-order valence-corrected chi connectivity index (χ0v) is 28.0. The lowest BCUT2D eigenvalue weighted by atomic mass is 9.99. The Hall–Kier alpha value is -3.14. The van der Waals surface area contributed by atoms with Crippen LogP contribution in [0.3, 0.4) is 0 Å². The summed E-state index contributed by atoms with van der Waals surface area (Å²) >= 11 is 0. The molecule has 0 amide bonds. The molecule has 0 unspecified atom stereocenters. The van der Waals surface area contributed by atoms with Gasteiger partial charge in [0, 0.05) is 11.1 Å². The first-order valence-electron chi connectivity index (χ1n) is 15.6. The summed E-state index contributed by atoms with van der Waals surface area (Å²) in [7, 11) is 1.36. The van der Waals surface area contributed by atoms with Gasteiger partial charge in [0.2, 0.25) is 11.5 Å². The molecular formula is C38H58O4. The zero-order valence-electron chi connectivity index (χ0n) is 28.0. The summed E-state index contributed by atoms with van der Waals surface area (Å²) in [5, 5.41) is 30.6. The van der Waals surface area contributed by atoms with Crippen LogP contribution in [0.2, 0.25) is 0 Å². The topological polar surface area (TPSA) is 69.9 Å². The molecule has 0 heterocycles. The molecule has 3 N–H and O–H groups in total. The lowest BCUT2D eigenvalue weighted by molar-refractivity contribution is 0.326. The molecule has 0 saturated carbocycles. The Bertz CT molecular complexity index is 1180. The third-order valence-electron chi connectivity index (χ3n) is 7.82. The lowest BCUT2D eigenvalue weighted by Crippen LogP contribution is -1.95. The molecule has 1 aromatic carbocycles. The van der Waals surface area contributed by atoms with Gasteiger partial charge in [-0.3, -0.25) is 0 Å². The highest BCUT2D eigenvalue weighted by molar-refractivity contribution is 5.65. The monoisotopic (exact) mass is 578 g/mol. The maximum Gasteiger partial charge on any atom is 0.207 e. The van der Waals surface area contributed by atoms with Gasteiger partial charge in [0.1, 0.15) is 0 Å². The first-order valence-corrected chi connectivity index (χ1v) is 15.6. The molecule has 4 nitrogen and oxygen atoms in total. The van der Waals surface area contributed by atoms with Gasteiger partial charge in [0.15, 0.2) is 11.5 Å². The van der Waals surface area contributed by atoms with E-state index < -0.39 is 5.75 Å². The highest BCUT2D eigenvalue weighted by atomic mass is 16.5. The summed E-state index contributed by atoms with van der Waals surface area (Å²) < 4.78 is 5.06. The van der Waals surface area contributed by atoms with Crippen molar-refractivity contribution in [2.45, 2.75) is 126 Å². The number of hydrogen-bond donors (Lipinski definition) is 3. The Morgan fingerprint density at radius 2 is 0.881 bits per heavy atom. The minimum Gasteiger partial charge on any atom is -0.504 e. The van der Waals surface area contributed by atoms with Crippen LogP contribution in [0, 0.1) is 6.92 Å². The molecule has 0 spiro atoms. The van der Waals surface area contributed by atoms with Crippen molar-refractivity contribution in [2.24, 2.45) is 0 Å². The number of aromatic hydroxyl groups is 3. The molecule has 0 aliphatic rings. The van der Waals surface area contributed by atoms with Crippen molar-refractivity contribution < 1.29 is 20.1 Å². The maximum absolute atomic E-state index is 10.5. The molecule has 0 aliphatic heterocycles. The Morgan fingerprint density at radius 3 is 1.24 bits per heavy atom. The van der Waals surface area contributed by atoms with Crippen LogP contribution in [0.4, 0.5) is 0 Å². The minimum atomic E-state index is -0.426. The highest BCUT2D eigenvalue weighted by Gasteiger charge is 2.21. The van der Waals surface area contributed by atoms with Crippen LogP contribution in [0.25, 0.3) is 0 Å².